The lowest BCUT2D eigenvalue weighted by atomic mass is 10.00. The Labute approximate surface area is 153 Å². The van der Waals surface area contributed by atoms with Gasteiger partial charge in [-0.2, -0.15) is 0 Å². The van der Waals surface area contributed by atoms with Crippen molar-refractivity contribution in [3.63, 3.8) is 0 Å². The molecule has 0 aliphatic rings. The van der Waals surface area contributed by atoms with Crippen LogP contribution < -0.4 is 0 Å². The van der Waals surface area contributed by atoms with Crippen molar-refractivity contribution in [1.82, 2.24) is 0 Å². The molecule has 0 aliphatic heterocycles. The first kappa shape index (κ1) is 20.5. The van der Waals surface area contributed by atoms with Gasteiger partial charge >= 0.3 is 0 Å². The SMILES string of the molecule is Cc1c(F)cc(CCCCCCCCc2ccccc2CO)c(F)c1F. The fourth-order valence-corrected chi connectivity index (χ4v) is 3.21. The largest absolute Gasteiger partial charge is 0.392 e. The Morgan fingerprint density at radius 2 is 1.27 bits per heavy atom. The minimum atomic E-state index is -1.07. The minimum Gasteiger partial charge on any atom is -0.392 e. The molecule has 0 aromatic heterocycles. The predicted octanol–water partition coefficient (Wildman–Crippen LogP) is 6.03. The first-order valence-electron chi connectivity index (χ1n) is 9.35. The molecule has 142 valence electrons. The Balaban J connectivity index is 1.63. The Hall–Kier alpha value is -1.81. The lowest BCUT2D eigenvalue weighted by Gasteiger charge is -2.08. The summed E-state index contributed by atoms with van der Waals surface area (Å²) >= 11 is 0. The minimum absolute atomic E-state index is 0.0763. The van der Waals surface area contributed by atoms with Crippen LogP contribution in [0.5, 0.6) is 0 Å². The van der Waals surface area contributed by atoms with Crippen molar-refractivity contribution in [2.24, 2.45) is 0 Å². The highest BCUT2D eigenvalue weighted by Crippen LogP contribution is 2.21. The van der Waals surface area contributed by atoms with Gasteiger partial charge in [0.1, 0.15) is 5.82 Å². The highest BCUT2D eigenvalue weighted by atomic mass is 19.2. The molecule has 0 bridgehead atoms. The summed E-state index contributed by atoms with van der Waals surface area (Å²) in [6.07, 6.45) is 7.26. The van der Waals surface area contributed by atoms with Crippen LogP contribution in [0.1, 0.15) is 60.8 Å². The third-order valence-electron chi connectivity index (χ3n) is 4.89. The number of unbranched alkanes of at least 4 members (excludes halogenated alkanes) is 5. The molecule has 0 atom stereocenters. The Bertz CT molecular complexity index is 713. The summed E-state index contributed by atoms with van der Waals surface area (Å²) in [5.74, 6) is -2.66. The number of aliphatic hydroxyl groups is 1. The average molecular weight is 364 g/mol. The van der Waals surface area contributed by atoms with Crippen molar-refractivity contribution in [2.45, 2.75) is 64.9 Å². The first-order chi connectivity index (χ1) is 12.5. The van der Waals surface area contributed by atoms with Gasteiger partial charge in [0.2, 0.25) is 0 Å². The van der Waals surface area contributed by atoms with Crippen LogP contribution in [-0.2, 0) is 19.4 Å². The Morgan fingerprint density at radius 3 is 1.88 bits per heavy atom. The standard InChI is InChI=1S/C22H27F3O/c1-16-20(23)14-18(22(25)21(16)24)12-7-5-3-2-4-6-10-17-11-8-9-13-19(17)15-26/h8-9,11,13-14,26H,2-7,10,12,15H2,1H3. The molecule has 0 unspecified atom stereocenters. The fraction of sp³-hybridized carbons (Fsp3) is 0.455. The summed E-state index contributed by atoms with van der Waals surface area (Å²) < 4.78 is 40.8. The molecule has 4 heteroatoms. The lowest BCUT2D eigenvalue weighted by molar-refractivity contribution is 0.280. The van der Waals surface area contributed by atoms with E-state index in [2.05, 4.69) is 6.07 Å². The van der Waals surface area contributed by atoms with E-state index in [9.17, 15) is 18.3 Å². The van der Waals surface area contributed by atoms with Crippen molar-refractivity contribution in [2.75, 3.05) is 0 Å². The summed E-state index contributed by atoms with van der Waals surface area (Å²) in [5, 5.41) is 9.31. The van der Waals surface area contributed by atoms with Crippen LogP contribution in [0, 0.1) is 24.4 Å². The van der Waals surface area contributed by atoms with Crippen molar-refractivity contribution >= 4 is 0 Å². The van der Waals surface area contributed by atoms with E-state index in [1.165, 1.54) is 12.5 Å². The number of hydrogen-bond donors (Lipinski definition) is 1. The van der Waals surface area contributed by atoms with Crippen LogP contribution in [0.3, 0.4) is 0 Å². The van der Waals surface area contributed by atoms with Gasteiger partial charge < -0.3 is 5.11 Å². The summed E-state index contributed by atoms with van der Waals surface area (Å²) in [6, 6.07) is 9.05. The zero-order valence-electron chi connectivity index (χ0n) is 15.3. The smallest absolute Gasteiger partial charge is 0.164 e. The molecule has 0 spiro atoms. The monoisotopic (exact) mass is 364 g/mol. The van der Waals surface area contributed by atoms with Crippen molar-refractivity contribution in [1.29, 1.82) is 0 Å². The summed E-state index contributed by atoms with van der Waals surface area (Å²) in [4.78, 5) is 0. The molecular weight excluding hydrogens is 337 g/mol. The van der Waals surface area contributed by atoms with Gasteiger partial charge in [-0.3, -0.25) is 0 Å². The van der Waals surface area contributed by atoms with Gasteiger partial charge in [-0.1, -0.05) is 49.9 Å². The van der Waals surface area contributed by atoms with Gasteiger partial charge in [-0.25, -0.2) is 13.2 Å². The molecule has 26 heavy (non-hydrogen) atoms. The highest BCUT2D eigenvalue weighted by molar-refractivity contribution is 5.27. The molecule has 2 aromatic rings. The second kappa shape index (κ2) is 10.4. The molecule has 1 N–H and O–H groups in total. The van der Waals surface area contributed by atoms with Gasteiger partial charge in [-0.05, 0) is 55.4 Å². The molecule has 2 aromatic carbocycles. The van der Waals surface area contributed by atoms with Crippen LogP contribution in [0.25, 0.3) is 0 Å². The zero-order chi connectivity index (χ0) is 18.9. The van der Waals surface area contributed by atoms with E-state index in [0.29, 0.717) is 6.42 Å². The number of halogens is 3. The van der Waals surface area contributed by atoms with Crippen molar-refractivity contribution in [3.05, 3.63) is 70.0 Å². The van der Waals surface area contributed by atoms with Crippen LogP contribution in [0.2, 0.25) is 0 Å². The van der Waals surface area contributed by atoms with Gasteiger partial charge in [-0.15, -0.1) is 0 Å². The maximum Gasteiger partial charge on any atom is 0.164 e. The van der Waals surface area contributed by atoms with E-state index in [1.54, 1.807) is 0 Å². The van der Waals surface area contributed by atoms with Crippen molar-refractivity contribution in [3.8, 4) is 0 Å². The first-order valence-corrected chi connectivity index (χ1v) is 9.35. The molecule has 0 fully saturated rings. The van der Waals surface area contributed by atoms with Crippen molar-refractivity contribution < 1.29 is 18.3 Å². The molecule has 0 aliphatic carbocycles. The topological polar surface area (TPSA) is 20.2 Å². The van der Waals surface area contributed by atoms with E-state index in [4.69, 9.17) is 0 Å². The van der Waals surface area contributed by atoms with E-state index < -0.39 is 17.5 Å². The average Bonchev–Trinajstić information content (AvgIpc) is 2.66. The molecule has 0 amide bonds. The third kappa shape index (κ3) is 5.60. The summed E-state index contributed by atoms with van der Waals surface area (Å²) in [7, 11) is 0. The van der Waals surface area contributed by atoms with Crippen LogP contribution in [0.4, 0.5) is 13.2 Å². The van der Waals surface area contributed by atoms with E-state index in [1.807, 2.05) is 18.2 Å². The van der Waals surface area contributed by atoms with Gasteiger partial charge in [0, 0.05) is 5.56 Å². The molecular formula is C22H27F3O. The number of aliphatic hydroxyl groups excluding tert-OH is 1. The molecule has 0 saturated heterocycles. The summed E-state index contributed by atoms with van der Waals surface area (Å²) in [5.41, 5.74) is 2.07. The van der Waals surface area contributed by atoms with Crippen LogP contribution in [-0.4, -0.2) is 5.11 Å². The van der Waals surface area contributed by atoms with E-state index in [-0.39, 0.29) is 17.7 Å². The second-order valence-corrected chi connectivity index (χ2v) is 6.82. The highest BCUT2D eigenvalue weighted by Gasteiger charge is 2.15. The Kier molecular flexibility index (Phi) is 8.17. The molecule has 2 rings (SSSR count). The van der Waals surface area contributed by atoms with Crippen LogP contribution in [0.15, 0.2) is 30.3 Å². The lowest BCUT2D eigenvalue weighted by Crippen LogP contribution is -2.01. The molecule has 0 saturated carbocycles. The van der Waals surface area contributed by atoms with E-state index in [0.717, 1.165) is 56.6 Å². The second-order valence-electron chi connectivity index (χ2n) is 6.82. The quantitative estimate of drug-likeness (QED) is 0.403. The number of hydrogen-bond acceptors (Lipinski definition) is 1. The number of aryl methyl sites for hydroxylation is 2. The number of benzene rings is 2. The Morgan fingerprint density at radius 1 is 0.731 bits per heavy atom. The zero-order valence-corrected chi connectivity index (χ0v) is 15.3. The maximum absolute atomic E-state index is 13.8. The maximum atomic E-state index is 13.8. The normalized spacial score (nSPS) is 11.1. The number of rotatable bonds is 10. The van der Waals surface area contributed by atoms with Gasteiger partial charge in [0.25, 0.3) is 0 Å². The molecule has 0 heterocycles. The molecule has 1 nitrogen and oxygen atoms in total. The van der Waals surface area contributed by atoms with Gasteiger partial charge in [0.05, 0.1) is 6.61 Å². The predicted molar refractivity (Wildman–Crippen MR) is 98.5 cm³/mol. The fourth-order valence-electron chi connectivity index (χ4n) is 3.21. The van der Waals surface area contributed by atoms with Crippen LogP contribution >= 0.6 is 0 Å². The van der Waals surface area contributed by atoms with E-state index >= 15 is 0 Å². The summed E-state index contributed by atoms with van der Waals surface area (Å²) in [6.45, 7) is 1.32. The molecule has 0 radical (unpaired) electrons. The van der Waals surface area contributed by atoms with Gasteiger partial charge in [0.15, 0.2) is 11.6 Å². The third-order valence-corrected chi connectivity index (χ3v) is 4.89.